The van der Waals surface area contributed by atoms with Crippen LogP contribution in [-0.2, 0) is 19.4 Å². The van der Waals surface area contributed by atoms with Gasteiger partial charge in [-0.1, -0.05) is 43.8 Å². The molecule has 1 amide bonds. The quantitative estimate of drug-likeness (QED) is 0.728. The van der Waals surface area contributed by atoms with Crippen LogP contribution in [0.2, 0.25) is 0 Å². The second-order valence-corrected chi connectivity index (χ2v) is 11.2. The number of amides is 1. The summed E-state index contributed by atoms with van der Waals surface area (Å²) in [6.07, 6.45) is 0.216. The molecule has 2 fully saturated rings. The van der Waals surface area contributed by atoms with E-state index in [0.717, 1.165) is 16.8 Å². The number of amidine groups is 1. The lowest BCUT2D eigenvalue weighted by molar-refractivity contribution is -0.137. The van der Waals surface area contributed by atoms with E-state index in [9.17, 15) is 18.0 Å². The number of carboxylic acids is 1. The Kier molecular flexibility index (Phi) is 6.38. The predicted molar refractivity (Wildman–Crippen MR) is 115 cm³/mol. The molecular weight excluding hydrogens is 412 g/mol. The van der Waals surface area contributed by atoms with E-state index in [1.54, 1.807) is 0 Å². The smallest absolute Gasteiger partial charge is 0.303 e. The number of nitrogens with zero attached hydrogens (tertiary/aromatic N) is 2. The van der Waals surface area contributed by atoms with E-state index in [2.05, 4.69) is 18.8 Å². The number of aliphatic carboxylic acids is 1. The van der Waals surface area contributed by atoms with Crippen LogP contribution in [0.15, 0.2) is 23.2 Å². The molecule has 3 rings (SSSR count). The molecule has 7 nitrogen and oxygen atoms in total. The van der Waals surface area contributed by atoms with Gasteiger partial charge in [0, 0.05) is 23.8 Å². The van der Waals surface area contributed by atoms with Crippen LogP contribution in [0.4, 0.5) is 5.69 Å². The van der Waals surface area contributed by atoms with E-state index >= 15 is 0 Å². The normalized spacial score (nSPS) is 24.3. The fraction of sp³-hybridized carbons (Fsp3) is 0.550. The summed E-state index contributed by atoms with van der Waals surface area (Å²) in [4.78, 5) is 29.3. The number of para-hydroxylation sites is 1. The Bertz CT molecular complexity index is 956. The van der Waals surface area contributed by atoms with Gasteiger partial charge in [0.1, 0.15) is 0 Å². The lowest BCUT2D eigenvalue weighted by atomic mass is 9.96. The second-order valence-electron chi connectivity index (χ2n) is 7.87. The summed E-state index contributed by atoms with van der Waals surface area (Å²) in [7, 11) is -3.14. The lowest BCUT2D eigenvalue weighted by Crippen LogP contribution is -2.39. The first-order chi connectivity index (χ1) is 13.6. The number of carbonyl (C=O) groups excluding carboxylic acids is 1. The zero-order valence-corrected chi connectivity index (χ0v) is 18.4. The number of hydrogen-bond donors (Lipinski definition) is 1. The van der Waals surface area contributed by atoms with Crippen LogP contribution in [0.25, 0.3) is 0 Å². The third-order valence-electron chi connectivity index (χ3n) is 5.20. The molecule has 0 radical (unpaired) electrons. The molecule has 1 aromatic carbocycles. The molecule has 1 N–H and O–H groups in total. The van der Waals surface area contributed by atoms with Gasteiger partial charge in [-0.3, -0.25) is 9.59 Å². The molecule has 2 atom stereocenters. The summed E-state index contributed by atoms with van der Waals surface area (Å²) < 4.78 is 24.5. The van der Waals surface area contributed by atoms with Crippen molar-refractivity contribution < 1.29 is 23.1 Å². The minimum Gasteiger partial charge on any atom is -0.481 e. The largest absolute Gasteiger partial charge is 0.481 e. The molecular formula is C20H26N2O5S2. The van der Waals surface area contributed by atoms with Crippen molar-refractivity contribution in [3.05, 3.63) is 29.3 Å². The Morgan fingerprint density at radius 2 is 2.00 bits per heavy atom. The van der Waals surface area contributed by atoms with Crippen LogP contribution < -0.4 is 4.90 Å². The maximum atomic E-state index is 12.4. The van der Waals surface area contributed by atoms with E-state index in [1.807, 2.05) is 30.0 Å². The average Bonchev–Trinajstić information content (AvgIpc) is 3.05. The van der Waals surface area contributed by atoms with Crippen molar-refractivity contribution in [1.82, 2.24) is 0 Å². The van der Waals surface area contributed by atoms with Gasteiger partial charge in [-0.15, -0.1) is 0 Å². The molecule has 0 bridgehead atoms. The van der Waals surface area contributed by atoms with Crippen molar-refractivity contribution >= 4 is 44.3 Å². The average molecular weight is 439 g/mol. The molecule has 2 aliphatic rings. The van der Waals surface area contributed by atoms with E-state index in [4.69, 9.17) is 5.11 Å². The van der Waals surface area contributed by atoms with Crippen molar-refractivity contribution in [3.8, 4) is 0 Å². The molecule has 0 aromatic heterocycles. The predicted octanol–water partition coefficient (Wildman–Crippen LogP) is 2.97. The van der Waals surface area contributed by atoms with Gasteiger partial charge >= 0.3 is 5.97 Å². The number of rotatable bonds is 6. The van der Waals surface area contributed by atoms with Gasteiger partial charge in [-0.05, 0) is 30.4 Å². The van der Waals surface area contributed by atoms with Crippen LogP contribution >= 0.6 is 11.8 Å². The molecule has 2 saturated heterocycles. The van der Waals surface area contributed by atoms with Crippen LogP contribution in [0, 0.1) is 6.92 Å². The molecule has 29 heavy (non-hydrogen) atoms. The molecule has 158 valence electrons. The van der Waals surface area contributed by atoms with Crippen molar-refractivity contribution in [1.29, 1.82) is 0 Å². The lowest BCUT2D eigenvalue weighted by Gasteiger charge is -2.29. The molecule has 2 unspecified atom stereocenters. The summed E-state index contributed by atoms with van der Waals surface area (Å²) in [5.74, 6) is -0.972. The van der Waals surface area contributed by atoms with Gasteiger partial charge in [0.2, 0.25) is 5.91 Å². The van der Waals surface area contributed by atoms with Crippen LogP contribution in [0.1, 0.15) is 50.2 Å². The van der Waals surface area contributed by atoms with Gasteiger partial charge in [-0.2, -0.15) is 4.99 Å². The maximum absolute atomic E-state index is 12.4. The summed E-state index contributed by atoms with van der Waals surface area (Å²) in [6, 6.07) is 5.73. The van der Waals surface area contributed by atoms with Gasteiger partial charge in [0.05, 0.1) is 17.5 Å². The van der Waals surface area contributed by atoms with Crippen LogP contribution in [-0.4, -0.2) is 53.4 Å². The number of benzene rings is 1. The fourth-order valence-corrected chi connectivity index (χ4v) is 7.77. The van der Waals surface area contributed by atoms with Crippen molar-refractivity contribution in [2.75, 3.05) is 16.4 Å². The van der Waals surface area contributed by atoms with E-state index < -0.39 is 15.8 Å². The molecule has 9 heteroatoms. The molecule has 1 aromatic rings. The highest BCUT2D eigenvalue weighted by molar-refractivity contribution is 8.16. The number of fused-ring (bicyclic) bond motifs is 1. The first-order valence-corrected chi connectivity index (χ1v) is 12.4. The molecule has 2 heterocycles. The summed E-state index contributed by atoms with van der Waals surface area (Å²) in [6.45, 7) is 6.14. The highest BCUT2D eigenvalue weighted by atomic mass is 32.2. The highest BCUT2D eigenvalue weighted by Gasteiger charge is 2.50. The van der Waals surface area contributed by atoms with Crippen LogP contribution in [0.5, 0.6) is 0 Å². The highest BCUT2D eigenvalue weighted by Crippen LogP contribution is 2.44. The third kappa shape index (κ3) is 4.83. The molecule has 0 spiro atoms. The van der Waals surface area contributed by atoms with Crippen molar-refractivity contribution in [2.24, 2.45) is 4.99 Å². The summed E-state index contributed by atoms with van der Waals surface area (Å²) in [5, 5.41) is 9.11. The zero-order chi connectivity index (χ0) is 21.3. The number of carbonyl (C=O) groups is 2. The minimum absolute atomic E-state index is 0.0444. The third-order valence-corrected chi connectivity index (χ3v) is 8.41. The van der Waals surface area contributed by atoms with Gasteiger partial charge < -0.3 is 10.0 Å². The van der Waals surface area contributed by atoms with E-state index in [1.165, 1.54) is 11.8 Å². The van der Waals surface area contributed by atoms with E-state index in [-0.39, 0.29) is 53.9 Å². The monoisotopic (exact) mass is 438 g/mol. The Morgan fingerprint density at radius 3 is 2.66 bits per heavy atom. The molecule has 2 aliphatic heterocycles. The Labute approximate surface area is 175 Å². The number of hydrogen-bond acceptors (Lipinski definition) is 5. The number of carboxylic acid groups (broad SMARTS) is 1. The minimum atomic E-state index is -3.14. The second kappa shape index (κ2) is 8.47. The topological polar surface area (TPSA) is 104 Å². The maximum Gasteiger partial charge on any atom is 0.303 e. The fourth-order valence-electron chi connectivity index (χ4n) is 3.86. The first kappa shape index (κ1) is 21.8. The summed E-state index contributed by atoms with van der Waals surface area (Å²) >= 11 is 1.34. The molecule has 0 aliphatic carbocycles. The first-order valence-electron chi connectivity index (χ1n) is 9.68. The van der Waals surface area contributed by atoms with E-state index in [0.29, 0.717) is 5.17 Å². The Morgan fingerprint density at radius 1 is 1.28 bits per heavy atom. The standard InChI is InChI=1S/C20H26N2O5S2/c1-12(2)14-7-4-6-13(3)19(14)22-15-10-29(26,27)11-16(15)28-20(22)21-17(23)8-5-9-18(24)25/h4,6-7,12,15-16H,5,8-11H2,1-3H3,(H,24,25). The van der Waals surface area contributed by atoms with Gasteiger partial charge in [-0.25, -0.2) is 8.42 Å². The number of sulfone groups is 1. The number of thioether (sulfide) groups is 1. The Balaban J connectivity index is 1.99. The van der Waals surface area contributed by atoms with Gasteiger partial charge in [0.15, 0.2) is 15.0 Å². The van der Waals surface area contributed by atoms with Gasteiger partial charge in [0.25, 0.3) is 0 Å². The number of aryl methyl sites for hydroxylation is 1. The van der Waals surface area contributed by atoms with Crippen molar-refractivity contribution in [3.63, 3.8) is 0 Å². The number of anilines is 1. The molecule has 0 saturated carbocycles. The Hall–Kier alpha value is -1.87. The summed E-state index contributed by atoms with van der Waals surface area (Å²) in [5.41, 5.74) is 3.02. The van der Waals surface area contributed by atoms with Crippen LogP contribution in [0.3, 0.4) is 0 Å². The SMILES string of the molecule is Cc1cccc(C(C)C)c1N1C(=NC(=O)CCCC(=O)O)SC2CS(=O)(=O)CC21. The van der Waals surface area contributed by atoms with Crippen molar-refractivity contribution in [2.45, 2.75) is 57.2 Å². The zero-order valence-electron chi connectivity index (χ0n) is 16.8. The number of aliphatic imine (C=N–C) groups is 1.